The molecule has 1 aromatic carbocycles. The van der Waals surface area contributed by atoms with Crippen LogP contribution in [-0.2, 0) is 4.74 Å². The third-order valence-corrected chi connectivity index (χ3v) is 3.06. The quantitative estimate of drug-likeness (QED) is 0.926. The lowest BCUT2D eigenvalue weighted by molar-refractivity contribution is 0.176. The number of nitrogens with zero attached hydrogens (tertiary/aromatic N) is 1. The number of benzene rings is 1. The Hall–Kier alpha value is -1.07. The van der Waals surface area contributed by atoms with Crippen molar-refractivity contribution in [1.82, 2.24) is 0 Å². The van der Waals surface area contributed by atoms with Crippen molar-refractivity contribution in [1.29, 1.82) is 0 Å². The molecule has 1 aromatic rings. The Morgan fingerprint density at radius 2 is 2.12 bits per heavy atom. The molecule has 0 aromatic heterocycles. The summed E-state index contributed by atoms with van der Waals surface area (Å²) in [4.78, 5) is 13.1. The molecule has 0 bridgehead atoms. The van der Waals surface area contributed by atoms with Crippen molar-refractivity contribution >= 4 is 27.7 Å². The summed E-state index contributed by atoms with van der Waals surface area (Å²) in [7, 11) is 0. The van der Waals surface area contributed by atoms with Crippen LogP contribution in [0.5, 0.6) is 0 Å². The number of aliphatic hydroxyl groups is 1. The Morgan fingerprint density at radius 3 is 2.75 bits per heavy atom. The van der Waals surface area contributed by atoms with Gasteiger partial charge in [-0.15, -0.1) is 0 Å². The summed E-state index contributed by atoms with van der Waals surface area (Å²) in [5, 5.41) is 8.92. The Balaban J connectivity index is 2.22. The van der Waals surface area contributed by atoms with Gasteiger partial charge in [-0.2, -0.15) is 0 Å². The van der Waals surface area contributed by atoms with Gasteiger partial charge in [0.1, 0.15) is 6.61 Å². The highest BCUT2D eigenvalue weighted by Crippen LogP contribution is 2.25. The summed E-state index contributed by atoms with van der Waals surface area (Å²) in [5.74, 6) is 0. The molecule has 4 nitrogen and oxygen atoms in total. The van der Waals surface area contributed by atoms with Gasteiger partial charge >= 0.3 is 6.09 Å². The van der Waals surface area contributed by atoms with Crippen molar-refractivity contribution in [2.75, 3.05) is 18.1 Å². The lowest BCUT2D eigenvalue weighted by Gasteiger charge is -2.20. The molecular weight excluding hydrogens is 274 g/mol. The molecular formula is C11H12BrNO3. The summed E-state index contributed by atoms with van der Waals surface area (Å²) in [6, 6.07) is 7.37. The smallest absolute Gasteiger partial charge is 0.414 e. The van der Waals surface area contributed by atoms with Crippen molar-refractivity contribution in [3.8, 4) is 0 Å². The summed E-state index contributed by atoms with van der Waals surface area (Å²) < 4.78 is 5.94. The zero-order valence-electron chi connectivity index (χ0n) is 8.60. The third-order valence-electron chi connectivity index (χ3n) is 2.53. The van der Waals surface area contributed by atoms with Crippen LogP contribution in [0.15, 0.2) is 28.7 Å². The number of halogens is 1. The first-order valence-corrected chi connectivity index (χ1v) is 5.84. The number of aliphatic hydroxyl groups excluding tert-OH is 1. The molecule has 1 unspecified atom stereocenters. The maximum Gasteiger partial charge on any atom is 0.414 e. The highest BCUT2D eigenvalue weighted by atomic mass is 79.9. The molecule has 5 heteroatoms. The van der Waals surface area contributed by atoms with Gasteiger partial charge in [-0.05, 0) is 30.7 Å². The fraction of sp³-hybridized carbons (Fsp3) is 0.364. The van der Waals surface area contributed by atoms with Crippen molar-refractivity contribution in [3.05, 3.63) is 28.7 Å². The first-order valence-electron chi connectivity index (χ1n) is 5.05. The lowest BCUT2D eigenvalue weighted by atomic mass is 10.2. The van der Waals surface area contributed by atoms with Gasteiger partial charge in [-0.1, -0.05) is 15.9 Å². The van der Waals surface area contributed by atoms with Crippen LogP contribution in [0.2, 0.25) is 0 Å². The standard InChI is InChI=1S/C11H12BrNO3/c12-8-1-3-9(4-2-8)13-10(5-6-14)7-16-11(13)15/h1-4,10,14H,5-7H2. The highest BCUT2D eigenvalue weighted by molar-refractivity contribution is 9.10. The van der Waals surface area contributed by atoms with Crippen molar-refractivity contribution in [2.24, 2.45) is 0 Å². The minimum Gasteiger partial charge on any atom is -0.447 e. The van der Waals surface area contributed by atoms with E-state index in [4.69, 9.17) is 9.84 Å². The predicted molar refractivity (Wildman–Crippen MR) is 63.5 cm³/mol. The van der Waals surface area contributed by atoms with E-state index in [-0.39, 0.29) is 18.7 Å². The van der Waals surface area contributed by atoms with E-state index < -0.39 is 0 Å². The number of anilines is 1. The van der Waals surface area contributed by atoms with Gasteiger partial charge in [-0.3, -0.25) is 4.90 Å². The zero-order valence-corrected chi connectivity index (χ0v) is 10.2. The van der Waals surface area contributed by atoms with Crippen LogP contribution in [-0.4, -0.2) is 30.5 Å². The second kappa shape index (κ2) is 4.84. The fourth-order valence-corrected chi connectivity index (χ4v) is 2.00. The molecule has 0 saturated carbocycles. The van der Waals surface area contributed by atoms with E-state index in [0.717, 1.165) is 10.2 Å². The largest absolute Gasteiger partial charge is 0.447 e. The van der Waals surface area contributed by atoms with E-state index in [1.807, 2.05) is 24.3 Å². The minimum absolute atomic E-state index is 0.0499. The van der Waals surface area contributed by atoms with E-state index in [0.29, 0.717) is 13.0 Å². The van der Waals surface area contributed by atoms with Crippen LogP contribution in [0.25, 0.3) is 0 Å². The van der Waals surface area contributed by atoms with Gasteiger partial charge in [0.2, 0.25) is 0 Å². The van der Waals surface area contributed by atoms with Crippen LogP contribution in [0.4, 0.5) is 10.5 Å². The first-order chi connectivity index (χ1) is 7.72. The number of cyclic esters (lactones) is 1. The van der Waals surface area contributed by atoms with Gasteiger partial charge < -0.3 is 9.84 Å². The van der Waals surface area contributed by atoms with E-state index >= 15 is 0 Å². The number of carbonyl (C=O) groups excluding carboxylic acids is 1. The average molecular weight is 286 g/mol. The lowest BCUT2D eigenvalue weighted by Crippen LogP contribution is -2.34. The van der Waals surface area contributed by atoms with Crippen LogP contribution in [0.3, 0.4) is 0 Å². The van der Waals surface area contributed by atoms with Gasteiger partial charge in [0.05, 0.1) is 6.04 Å². The molecule has 1 saturated heterocycles. The molecule has 86 valence electrons. The molecule has 1 N–H and O–H groups in total. The van der Waals surface area contributed by atoms with Crippen LogP contribution < -0.4 is 4.90 Å². The topological polar surface area (TPSA) is 49.8 Å². The molecule has 1 atom stereocenters. The van der Waals surface area contributed by atoms with Gasteiger partial charge in [0, 0.05) is 16.8 Å². The van der Waals surface area contributed by atoms with Crippen molar-refractivity contribution < 1.29 is 14.6 Å². The molecule has 2 rings (SSSR count). The van der Waals surface area contributed by atoms with E-state index in [1.165, 1.54) is 0 Å². The minimum atomic E-state index is -0.347. The Morgan fingerprint density at radius 1 is 1.44 bits per heavy atom. The second-order valence-corrected chi connectivity index (χ2v) is 4.51. The van der Waals surface area contributed by atoms with Crippen LogP contribution >= 0.6 is 15.9 Å². The summed E-state index contributed by atoms with van der Waals surface area (Å²) in [6.07, 6.45) is 0.183. The molecule has 0 aliphatic carbocycles. The van der Waals surface area contributed by atoms with E-state index in [9.17, 15) is 4.79 Å². The molecule has 0 radical (unpaired) electrons. The normalized spacial score (nSPS) is 20.0. The Labute approximate surface area is 102 Å². The van der Waals surface area contributed by atoms with Crippen LogP contribution in [0.1, 0.15) is 6.42 Å². The number of carbonyl (C=O) groups is 1. The summed E-state index contributed by atoms with van der Waals surface area (Å²) in [6.45, 7) is 0.393. The van der Waals surface area contributed by atoms with E-state index in [1.54, 1.807) is 4.90 Å². The Kier molecular flexibility index (Phi) is 3.46. The van der Waals surface area contributed by atoms with Crippen LogP contribution in [0, 0.1) is 0 Å². The molecule has 16 heavy (non-hydrogen) atoms. The van der Waals surface area contributed by atoms with Crippen molar-refractivity contribution in [3.63, 3.8) is 0 Å². The number of rotatable bonds is 3. The predicted octanol–water partition coefficient (Wildman–Crippen LogP) is 2.16. The molecule has 0 spiro atoms. The van der Waals surface area contributed by atoms with Gasteiger partial charge in [0.15, 0.2) is 0 Å². The SMILES string of the molecule is O=C1OCC(CCO)N1c1ccc(Br)cc1. The maximum atomic E-state index is 11.6. The molecule has 1 heterocycles. The molecule has 1 fully saturated rings. The summed E-state index contributed by atoms with van der Waals surface area (Å²) in [5.41, 5.74) is 0.796. The molecule has 1 amide bonds. The van der Waals surface area contributed by atoms with E-state index in [2.05, 4.69) is 15.9 Å². The zero-order chi connectivity index (χ0) is 11.5. The van der Waals surface area contributed by atoms with Crippen molar-refractivity contribution in [2.45, 2.75) is 12.5 Å². The van der Waals surface area contributed by atoms with Gasteiger partial charge in [-0.25, -0.2) is 4.79 Å². The number of amides is 1. The molecule has 1 aliphatic rings. The number of hydrogen-bond acceptors (Lipinski definition) is 3. The summed E-state index contributed by atoms with van der Waals surface area (Å²) >= 11 is 3.34. The average Bonchev–Trinajstić information content (AvgIpc) is 2.62. The first kappa shape index (κ1) is 11.4. The highest BCUT2D eigenvalue weighted by Gasteiger charge is 2.33. The number of hydrogen-bond donors (Lipinski definition) is 1. The van der Waals surface area contributed by atoms with Gasteiger partial charge in [0.25, 0.3) is 0 Å². The second-order valence-electron chi connectivity index (χ2n) is 3.59. The number of ether oxygens (including phenoxy) is 1. The Bertz CT molecular complexity index is 379. The monoisotopic (exact) mass is 285 g/mol. The maximum absolute atomic E-state index is 11.6. The third kappa shape index (κ3) is 2.20. The molecule has 1 aliphatic heterocycles. The fourth-order valence-electron chi connectivity index (χ4n) is 1.74.